The third-order valence-corrected chi connectivity index (χ3v) is 4.78. The van der Waals surface area contributed by atoms with E-state index in [-0.39, 0.29) is 6.10 Å². The molecule has 2 heterocycles. The molecule has 1 aromatic rings. The summed E-state index contributed by atoms with van der Waals surface area (Å²) in [5.74, 6) is 0.757. The SMILES string of the molecule is COc1cc(C)cc(C)c1C(O)C1CN2CCCC2CO1. The standard InChI is InChI=1S/C17H25NO3/c1-11-7-12(2)16(14(8-11)20-3)17(19)15-9-18-6-4-5-13(18)10-21-15/h7-8,13,15,17,19H,4-6,9-10H2,1-3H3. The van der Waals surface area contributed by atoms with Gasteiger partial charge in [-0.25, -0.2) is 0 Å². The van der Waals surface area contributed by atoms with Crippen molar-refractivity contribution in [3.8, 4) is 5.75 Å². The topological polar surface area (TPSA) is 41.9 Å². The quantitative estimate of drug-likeness (QED) is 0.927. The first-order chi connectivity index (χ1) is 10.1. The van der Waals surface area contributed by atoms with Gasteiger partial charge in [0, 0.05) is 18.2 Å². The zero-order valence-corrected chi connectivity index (χ0v) is 13.1. The molecule has 2 saturated heterocycles. The number of hydrogen-bond donors (Lipinski definition) is 1. The van der Waals surface area contributed by atoms with Crippen LogP contribution in [0.2, 0.25) is 0 Å². The highest BCUT2D eigenvalue weighted by Gasteiger charge is 2.36. The molecular weight excluding hydrogens is 266 g/mol. The van der Waals surface area contributed by atoms with Crippen LogP contribution in [0.3, 0.4) is 0 Å². The average Bonchev–Trinajstić information content (AvgIpc) is 2.93. The van der Waals surface area contributed by atoms with E-state index in [1.807, 2.05) is 19.9 Å². The van der Waals surface area contributed by atoms with Gasteiger partial charge in [0.15, 0.2) is 0 Å². The van der Waals surface area contributed by atoms with Crippen molar-refractivity contribution < 1.29 is 14.6 Å². The number of nitrogens with zero attached hydrogens (tertiary/aromatic N) is 1. The summed E-state index contributed by atoms with van der Waals surface area (Å²) in [7, 11) is 1.66. The second-order valence-electron chi connectivity index (χ2n) is 6.31. The molecule has 0 amide bonds. The van der Waals surface area contributed by atoms with Crippen molar-refractivity contribution in [3.63, 3.8) is 0 Å². The third-order valence-electron chi connectivity index (χ3n) is 4.78. The lowest BCUT2D eigenvalue weighted by molar-refractivity contribution is -0.104. The molecule has 3 rings (SSSR count). The number of hydrogen-bond acceptors (Lipinski definition) is 4. The second-order valence-corrected chi connectivity index (χ2v) is 6.31. The molecule has 2 aliphatic heterocycles. The van der Waals surface area contributed by atoms with Crippen molar-refractivity contribution in [2.45, 2.75) is 44.9 Å². The van der Waals surface area contributed by atoms with Crippen LogP contribution in [0.15, 0.2) is 12.1 Å². The molecule has 0 aliphatic carbocycles. The molecule has 0 bridgehead atoms. The van der Waals surface area contributed by atoms with E-state index in [2.05, 4.69) is 11.0 Å². The van der Waals surface area contributed by atoms with E-state index in [9.17, 15) is 5.11 Å². The second kappa shape index (κ2) is 5.95. The Morgan fingerprint density at radius 3 is 2.95 bits per heavy atom. The number of aliphatic hydroxyl groups excluding tert-OH is 1. The lowest BCUT2D eigenvalue weighted by atomic mass is 9.95. The molecule has 21 heavy (non-hydrogen) atoms. The Balaban J connectivity index is 1.83. The lowest BCUT2D eigenvalue weighted by Crippen LogP contribution is -2.48. The first kappa shape index (κ1) is 14.8. The minimum absolute atomic E-state index is 0.172. The van der Waals surface area contributed by atoms with E-state index < -0.39 is 6.10 Å². The van der Waals surface area contributed by atoms with Crippen LogP contribution in [-0.4, -0.2) is 49.0 Å². The van der Waals surface area contributed by atoms with Gasteiger partial charge in [0.2, 0.25) is 0 Å². The summed E-state index contributed by atoms with van der Waals surface area (Å²) >= 11 is 0. The highest BCUT2D eigenvalue weighted by molar-refractivity contribution is 5.45. The lowest BCUT2D eigenvalue weighted by Gasteiger charge is -2.37. The average molecular weight is 291 g/mol. The molecule has 4 nitrogen and oxygen atoms in total. The molecule has 1 aromatic carbocycles. The van der Waals surface area contributed by atoms with Crippen LogP contribution in [-0.2, 0) is 4.74 Å². The first-order valence-electron chi connectivity index (χ1n) is 7.79. The molecule has 3 atom stereocenters. The summed E-state index contributed by atoms with van der Waals surface area (Å²) in [4.78, 5) is 2.45. The molecular formula is C17H25NO3. The maximum Gasteiger partial charge on any atom is 0.125 e. The van der Waals surface area contributed by atoms with Gasteiger partial charge in [0.25, 0.3) is 0 Å². The van der Waals surface area contributed by atoms with E-state index in [0.29, 0.717) is 6.04 Å². The molecule has 4 heteroatoms. The van der Waals surface area contributed by atoms with E-state index in [1.165, 1.54) is 12.8 Å². The Labute approximate surface area is 126 Å². The highest BCUT2D eigenvalue weighted by atomic mass is 16.5. The van der Waals surface area contributed by atoms with Crippen molar-refractivity contribution in [1.82, 2.24) is 4.90 Å². The molecule has 1 N–H and O–H groups in total. The summed E-state index contributed by atoms with van der Waals surface area (Å²) in [5.41, 5.74) is 3.07. The number of aryl methyl sites for hydroxylation is 2. The van der Waals surface area contributed by atoms with E-state index in [0.717, 1.165) is 42.1 Å². The smallest absolute Gasteiger partial charge is 0.125 e. The fraction of sp³-hybridized carbons (Fsp3) is 0.647. The minimum Gasteiger partial charge on any atom is -0.496 e. The van der Waals surface area contributed by atoms with Crippen molar-refractivity contribution in [2.75, 3.05) is 26.8 Å². The number of benzene rings is 1. The fourth-order valence-corrected chi connectivity index (χ4v) is 3.71. The van der Waals surface area contributed by atoms with Crippen molar-refractivity contribution >= 4 is 0 Å². The number of fused-ring (bicyclic) bond motifs is 1. The molecule has 0 saturated carbocycles. The van der Waals surface area contributed by atoms with Gasteiger partial charge in [-0.05, 0) is 50.4 Å². The zero-order valence-electron chi connectivity index (χ0n) is 13.1. The predicted molar refractivity (Wildman–Crippen MR) is 81.8 cm³/mol. The van der Waals surface area contributed by atoms with E-state index in [1.54, 1.807) is 7.11 Å². The van der Waals surface area contributed by atoms with Crippen LogP contribution in [0.5, 0.6) is 5.75 Å². The Bertz CT molecular complexity index is 517. The number of morpholine rings is 1. The Morgan fingerprint density at radius 1 is 1.38 bits per heavy atom. The van der Waals surface area contributed by atoms with Crippen LogP contribution < -0.4 is 4.74 Å². The van der Waals surface area contributed by atoms with Crippen LogP contribution in [0.4, 0.5) is 0 Å². The van der Waals surface area contributed by atoms with Crippen LogP contribution in [0.25, 0.3) is 0 Å². The van der Waals surface area contributed by atoms with Crippen LogP contribution in [0.1, 0.15) is 35.6 Å². The summed E-state index contributed by atoms with van der Waals surface area (Å²) < 4.78 is 11.4. The molecule has 3 unspecified atom stereocenters. The zero-order chi connectivity index (χ0) is 15.0. The van der Waals surface area contributed by atoms with Crippen LogP contribution >= 0.6 is 0 Å². The Hall–Kier alpha value is -1.10. The largest absolute Gasteiger partial charge is 0.496 e. The molecule has 0 aromatic heterocycles. The van der Waals surface area contributed by atoms with Gasteiger partial charge in [-0.2, -0.15) is 0 Å². The fourth-order valence-electron chi connectivity index (χ4n) is 3.71. The Kier molecular flexibility index (Phi) is 4.20. The molecule has 0 spiro atoms. The minimum atomic E-state index is -0.637. The summed E-state index contributed by atoms with van der Waals surface area (Å²) in [6.07, 6.45) is 1.65. The van der Waals surface area contributed by atoms with Crippen molar-refractivity contribution in [2.24, 2.45) is 0 Å². The number of aliphatic hydroxyl groups is 1. The van der Waals surface area contributed by atoms with Gasteiger partial charge in [0.1, 0.15) is 18.0 Å². The number of rotatable bonds is 3. The molecule has 2 aliphatic rings. The van der Waals surface area contributed by atoms with Gasteiger partial charge >= 0.3 is 0 Å². The Morgan fingerprint density at radius 2 is 2.19 bits per heavy atom. The van der Waals surface area contributed by atoms with Crippen molar-refractivity contribution in [3.05, 3.63) is 28.8 Å². The molecule has 116 valence electrons. The monoisotopic (exact) mass is 291 g/mol. The predicted octanol–water partition coefficient (Wildman–Crippen LogP) is 2.21. The van der Waals surface area contributed by atoms with Gasteiger partial charge < -0.3 is 14.6 Å². The first-order valence-corrected chi connectivity index (χ1v) is 7.79. The maximum atomic E-state index is 10.8. The van der Waals surface area contributed by atoms with Gasteiger partial charge in [-0.1, -0.05) is 6.07 Å². The summed E-state index contributed by atoms with van der Waals surface area (Å²) in [6, 6.07) is 4.62. The van der Waals surface area contributed by atoms with Gasteiger partial charge in [0.05, 0.1) is 13.7 Å². The van der Waals surface area contributed by atoms with E-state index >= 15 is 0 Å². The number of methoxy groups -OCH3 is 1. The summed E-state index contributed by atoms with van der Waals surface area (Å²) in [6.45, 7) is 6.73. The number of ether oxygens (including phenoxy) is 2. The van der Waals surface area contributed by atoms with Crippen molar-refractivity contribution in [1.29, 1.82) is 0 Å². The molecule has 2 fully saturated rings. The maximum absolute atomic E-state index is 10.8. The normalized spacial score (nSPS) is 27.4. The third kappa shape index (κ3) is 2.80. The van der Waals surface area contributed by atoms with Crippen LogP contribution in [0, 0.1) is 13.8 Å². The molecule has 0 radical (unpaired) electrons. The van der Waals surface area contributed by atoms with Gasteiger partial charge in [-0.15, -0.1) is 0 Å². The van der Waals surface area contributed by atoms with Gasteiger partial charge in [-0.3, -0.25) is 4.90 Å². The summed E-state index contributed by atoms with van der Waals surface area (Å²) in [5, 5.41) is 10.8. The van der Waals surface area contributed by atoms with E-state index in [4.69, 9.17) is 9.47 Å². The highest BCUT2D eigenvalue weighted by Crippen LogP contribution is 2.35.